The molecular formula is C23H23O3P. The summed E-state index contributed by atoms with van der Waals surface area (Å²) in [6, 6.07) is 24.2. The maximum absolute atomic E-state index is 6.08. The van der Waals surface area contributed by atoms with Crippen molar-refractivity contribution in [2.24, 2.45) is 0 Å². The molecule has 0 fully saturated rings. The predicted octanol–water partition coefficient (Wildman–Crippen LogP) is 8.04. The van der Waals surface area contributed by atoms with Crippen LogP contribution in [0.1, 0.15) is 38.2 Å². The first kappa shape index (κ1) is 17.8. The van der Waals surface area contributed by atoms with Crippen LogP contribution in [0.2, 0.25) is 0 Å². The number of hydrogen-bond donors (Lipinski definition) is 0. The average Bonchev–Trinajstić information content (AvgIpc) is 2.86. The summed E-state index contributed by atoms with van der Waals surface area (Å²) in [7, 11) is -1.58. The molecule has 138 valence electrons. The van der Waals surface area contributed by atoms with E-state index < -0.39 is 8.24 Å². The first-order valence-electron chi connectivity index (χ1n) is 9.41. The van der Waals surface area contributed by atoms with Gasteiger partial charge in [-0.25, -0.2) is 0 Å². The summed E-state index contributed by atoms with van der Waals surface area (Å²) >= 11 is 0. The van der Waals surface area contributed by atoms with E-state index in [-0.39, 0.29) is 0 Å². The zero-order valence-electron chi connectivity index (χ0n) is 15.6. The van der Waals surface area contributed by atoms with Crippen LogP contribution >= 0.6 is 8.24 Å². The summed E-state index contributed by atoms with van der Waals surface area (Å²) in [6.07, 6.45) is 2.28. The quantitative estimate of drug-likeness (QED) is 0.352. The van der Waals surface area contributed by atoms with Crippen molar-refractivity contribution < 1.29 is 12.9 Å². The molecule has 0 aliphatic heterocycles. The second-order valence-electron chi connectivity index (χ2n) is 6.57. The van der Waals surface area contributed by atoms with Crippen molar-refractivity contribution in [2.45, 2.75) is 32.6 Å². The van der Waals surface area contributed by atoms with Gasteiger partial charge in [0.15, 0.2) is 0 Å². The lowest BCUT2D eigenvalue weighted by atomic mass is 9.94. The zero-order valence-corrected chi connectivity index (χ0v) is 16.5. The van der Waals surface area contributed by atoms with E-state index in [4.69, 9.17) is 12.9 Å². The third-order valence-corrected chi connectivity index (χ3v) is 5.98. The fraction of sp³-hybridized carbons (Fsp3) is 0.217. The van der Waals surface area contributed by atoms with Crippen LogP contribution in [0, 0.1) is 0 Å². The Morgan fingerprint density at radius 2 is 1.26 bits per heavy atom. The standard InChI is InChI=1S/C23H23O3P/c1-3-17(4-2)18-13-15-19(16-14-18)24-27-25-22-11-7-5-9-20(22)21-10-6-8-12-23(21)26-27/h5-17H,3-4H2,1-2H3. The zero-order chi connectivity index (χ0) is 18.6. The molecule has 3 aromatic carbocycles. The highest BCUT2D eigenvalue weighted by atomic mass is 31.1. The van der Waals surface area contributed by atoms with E-state index in [0.29, 0.717) is 5.92 Å². The van der Waals surface area contributed by atoms with Gasteiger partial charge in [0, 0.05) is 10.8 Å². The Balaban J connectivity index is 1.75. The summed E-state index contributed by atoms with van der Waals surface area (Å²) in [5.41, 5.74) is 2.91. The van der Waals surface area contributed by atoms with Crippen LogP contribution in [0.3, 0.4) is 0 Å². The van der Waals surface area contributed by atoms with Crippen LogP contribution in [0.25, 0.3) is 21.9 Å². The highest BCUT2D eigenvalue weighted by Crippen LogP contribution is 2.37. The normalized spacial score (nSPS) is 11.2. The second kappa shape index (κ2) is 7.94. The topological polar surface area (TPSA) is 35.5 Å². The first-order chi connectivity index (χ1) is 13.3. The number of hydrogen-bond acceptors (Lipinski definition) is 3. The number of fused-ring (bicyclic) bond motifs is 3. The maximum Gasteiger partial charge on any atom is 0.453 e. The van der Waals surface area contributed by atoms with Crippen LogP contribution in [-0.2, 0) is 0 Å². The van der Waals surface area contributed by atoms with E-state index in [9.17, 15) is 0 Å². The van der Waals surface area contributed by atoms with E-state index in [1.165, 1.54) is 5.56 Å². The third kappa shape index (κ3) is 3.74. The minimum absolute atomic E-state index is 0.592. The van der Waals surface area contributed by atoms with Gasteiger partial charge in [0.05, 0.1) is 0 Å². The van der Waals surface area contributed by atoms with Gasteiger partial charge in [-0.15, -0.1) is 0 Å². The molecule has 27 heavy (non-hydrogen) atoms. The number of benzene rings is 3. The van der Waals surface area contributed by atoms with Gasteiger partial charge < -0.3 is 12.9 Å². The lowest BCUT2D eigenvalue weighted by molar-refractivity contribution is 0.498. The minimum atomic E-state index is -1.58. The molecule has 0 atom stereocenters. The predicted molar refractivity (Wildman–Crippen MR) is 112 cm³/mol. The van der Waals surface area contributed by atoms with Crippen LogP contribution in [0.15, 0.2) is 81.2 Å². The molecule has 0 saturated carbocycles. The lowest BCUT2D eigenvalue weighted by Gasteiger charge is -2.12. The Labute approximate surface area is 160 Å². The van der Waals surface area contributed by atoms with Crippen molar-refractivity contribution in [3.8, 4) is 5.75 Å². The van der Waals surface area contributed by atoms with Crippen LogP contribution < -0.4 is 4.52 Å². The van der Waals surface area contributed by atoms with E-state index >= 15 is 0 Å². The summed E-state index contributed by atoms with van der Waals surface area (Å²) in [5.74, 6) is 1.35. The smallest absolute Gasteiger partial charge is 0.391 e. The van der Waals surface area contributed by atoms with Gasteiger partial charge in [-0.2, -0.15) is 0 Å². The molecule has 0 spiro atoms. The van der Waals surface area contributed by atoms with Crippen molar-refractivity contribution in [1.82, 2.24) is 0 Å². The monoisotopic (exact) mass is 378 g/mol. The summed E-state index contributed by atoms with van der Waals surface area (Å²) in [6.45, 7) is 4.45. The Kier molecular flexibility index (Phi) is 5.22. The largest absolute Gasteiger partial charge is 0.453 e. The molecule has 1 heterocycles. The van der Waals surface area contributed by atoms with Crippen molar-refractivity contribution >= 4 is 30.2 Å². The van der Waals surface area contributed by atoms with Crippen LogP contribution in [0.5, 0.6) is 5.75 Å². The fourth-order valence-electron chi connectivity index (χ4n) is 3.40. The average molecular weight is 378 g/mol. The minimum Gasteiger partial charge on any atom is -0.391 e. The Bertz CT molecular complexity index is 1020. The second-order valence-corrected chi connectivity index (χ2v) is 7.57. The molecule has 4 rings (SSSR count). The molecule has 0 unspecified atom stereocenters. The molecule has 0 saturated heterocycles. The molecular weight excluding hydrogens is 355 g/mol. The van der Waals surface area contributed by atoms with E-state index in [2.05, 4.69) is 26.0 Å². The van der Waals surface area contributed by atoms with E-state index in [0.717, 1.165) is 40.5 Å². The third-order valence-electron chi connectivity index (χ3n) is 4.93. The highest BCUT2D eigenvalue weighted by molar-refractivity contribution is 7.32. The van der Waals surface area contributed by atoms with Gasteiger partial charge in [-0.3, -0.25) is 0 Å². The Hall–Kier alpha value is -2.64. The van der Waals surface area contributed by atoms with Gasteiger partial charge in [0.1, 0.15) is 16.9 Å². The number of rotatable bonds is 5. The van der Waals surface area contributed by atoms with Crippen molar-refractivity contribution in [3.63, 3.8) is 0 Å². The first-order valence-corrected chi connectivity index (χ1v) is 10.5. The van der Waals surface area contributed by atoms with Crippen molar-refractivity contribution in [3.05, 3.63) is 78.4 Å². The number of para-hydroxylation sites is 2. The maximum atomic E-state index is 6.08. The SMILES string of the molecule is CCC(CC)c1ccc(Op2oc3ccccc3c3ccccc3o2)cc1. The summed E-state index contributed by atoms with van der Waals surface area (Å²) in [5, 5.41) is 2.04. The molecule has 4 aromatic rings. The highest BCUT2D eigenvalue weighted by Gasteiger charge is 2.10. The van der Waals surface area contributed by atoms with Crippen molar-refractivity contribution in [2.75, 3.05) is 0 Å². The fourth-order valence-corrected chi connectivity index (χ4v) is 4.45. The Morgan fingerprint density at radius 1 is 0.741 bits per heavy atom. The molecule has 0 aliphatic carbocycles. The van der Waals surface area contributed by atoms with Gasteiger partial charge in [-0.05, 0) is 48.6 Å². The molecule has 3 nitrogen and oxygen atoms in total. The Morgan fingerprint density at radius 3 is 1.78 bits per heavy atom. The summed E-state index contributed by atoms with van der Waals surface area (Å²) in [4.78, 5) is 0. The van der Waals surface area contributed by atoms with E-state index in [1.807, 2.05) is 60.7 Å². The molecule has 4 heteroatoms. The summed E-state index contributed by atoms with van der Waals surface area (Å²) < 4.78 is 18.2. The van der Waals surface area contributed by atoms with Gasteiger partial charge in [0.25, 0.3) is 0 Å². The van der Waals surface area contributed by atoms with Crippen molar-refractivity contribution in [1.29, 1.82) is 0 Å². The molecule has 0 radical (unpaired) electrons. The van der Waals surface area contributed by atoms with Crippen LogP contribution in [-0.4, -0.2) is 0 Å². The molecule has 0 bridgehead atoms. The molecule has 1 aromatic heterocycles. The van der Waals surface area contributed by atoms with E-state index in [1.54, 1.807) is 0 Å². The lowest BCUT2D eigenvalue weighted by Crippen LogP contribution is -1.94. The van der Waals surface area contributed by atoms with Gasteiger partial charge in [-0.1, -0.05) is 62.4 Å². The van der Waals surface area contributed by atoms with Crippen LogP contribution in [0.4, 0.5) is 0 Å². The molecule has 0 N–H and O–H groups in total. The van der Waals surface area contributed by atoms with Gasteiger partial charge in [0.2, 0.25) is 0 Å². The van der Waals surface area contributed by atoms with Gasteiger partial charge >= 0.3 is 8.24 Å². The molecule has 0 aliphatic rings. The molecule has 0 amide bonds.